The van der Waals surface area contributed by atoms with Crippen molar-refractivity contribution in [1.29, 1.82) is 0 Å². The Labute approximate surface area is 154 Å². The number of hydrazone groups is 1. The van der Waals surface area contributed by atoms with Crippen LogP contribution in [0.1, 0.15) is 11.1 Å². The number of nitrogens with zero attached hydrogens (tertiary/aromatic N) is 3. The van der Waals surface area contributed by atoms with Crippen molar-refractivity contribution in [2.45, 2.75) is 13.5 Å². The molecule has 8 heteroatoms. The Hall–Kier alpha value is -3.68. The second-order valence-electron chi connectivity index (χ2n) is 5.92. The van der Waals surface area contributed by atoms with Gasteiger partial charge in [0.25, 0.3) is 11.5 Å². The van der Waals surface area contributed by atoms with Crippen LogP contribution in [-0.4, -0.2) is 33.9 Å². The number of phenolic OH excluding ortho intramolecular Hbond substituents is 1. The Kier molecular flexibility index (Phi) is 5.16. The number of rotatable bonds is 5. The molecule has 0 bridgehead atoms. The van der Waals surface area contributed by atoms with Crippen LogP contribution in [0.3, 0.4) is 0 Å². The minimum Gasteiger partial charge on any atom is -0.507 e. The van der Waals surface area contributed by atoms with Crippen molar-refractivity contribution in [1.82, 2.24) is 15.0 Å². The van der Waals surface area contributed by atoms with Crippen LogP contribution in [0.4, 0.5) is 0 Å². The van der Waals surface area contributed by atoms with Gasteiger partial charge >= 0.3 is 0 Å². The molecule has 0 fully saturated rings. The van der Waals surface area contributed by atoms with E-state index >= 15 is 0 Å². The fraction of sp³-hybridized carbons (Fsp3) is 0.158. The van der Waals surface area contributed by atoms with Crippen LogP contribution in [0.2, 0.25) is 0 Å². The van der Waals surface area contributed by atoms with Crippen LogP contribution in [0, 0.1) is 6.92 Å². The summed E-state index contributed by atoms with van der Waals surface area (Å²) in [7, 11) is 1.49. The highest BCUT2D eigenvalue weighted by Crippen LogP contribution is 2.21. The number of amides is 1. The van der Waals surface area contributed by atoms with E-state index in [1.165, 1.54) is 30.3 Å². The van der Waals surface area contributed by atoms with E-state index in [0.717, 1.165) is 5.56 Å². The Bertz CT molecular complexity index is 1090. The van der Waals surface area contributed by atoms with Gasteiger partial charge in [0.05, 0.1) is 30.6 Å². The van der Waals surface area contributed by atoms with Crippen LogP contribution in [-0.2, 0) is 11.3 Å². The van der Waals surface area contributed by atoms with E-state index in [1.54, 1.807) is 18.2 Å². The van der Waals surface area contributed by atoms with Crippen LogP contribution in [0.25, 0.3) is 10.9 Å². The molecule has 138 valence electrons. The molecule has 2 N–H and O–H groups in total. The molecule has 0 aliphatic rings. The molecule has 1 heterocycles. The third-order valence-electron chi connectivity index (χ3n) is 3.93. The zero-order valence-electron chi connectivity index (χ0n) is 14.8. The van der Waals surface area contributed by atoms with E-state index in [4.69, 9.17) is 4.74 Å². The van der Waals surface area contributed by atoms with E-state index in [0.29, 0.717) is 22.2 Å². The lowest BCUT2D eigenvalue weighted by Gasteiger charge is -2.06. The zero-order valence-corrected chi connectivity index (χ0v) is 14.8. The summed E-state index contributed by atoms with van der Waals surface area (Å²) < 4.78 is 6.21. The monoisotopic (exact) mass is 366 g/mol. The number of carbonyl (C=O) groups is 1. The normalized spacial score (nSPS) is 11.0. The number of hydrogen-bond donors (Lipinski definition) is 2. The van der Waals surface area contributed by atoms with Gasteiger partial charge < -0.3 is 9.84 Å². The molecule has 0 saturated heterocycles. The maximum atomic E-state index is 12.4. The van der Waals surface area contributed by atoms with Gasteiger partial charge in [0.15, 0.2) is 0 Å². The SMILES string of the molecule is COc1ccc(/C=N/NC(=O)Cn2cnc3cc(C)ccc3c2=O)c(O)c1. The molecule has 8 nitrogen and oxygen atoms in total. The molecule has 3 aromatic rings. The molecule has 0 unspecified atom stereocenters. The summed E-state index contributed by atoms with van der Waals surface area (Å²) in [4.78, 5) is 28.7. The average molecular weight is 366 g/mol. The molecular weight excluding hydrogens is 348 g/mol. The van der Waals surface area contributed by atoms with E-state index in [1.807, 2.05) is 19.1 Å². The maximum Gasteiger partial charge on any atom is 0.261 e. The number of nitrogens with one attached hydrogen (secondary N) is 1. The lowest BCUT2D eigenvalue weighted by atomic mass is 10.2. The Morgan fingerprint density at radius 2 is 2.15 bits per heavy atom. The van der Waals surface area contributed by atoms with Crippen LogP contribution in [0.15, 0.2) is 52.6 Å². The second kappa shape index (κ2) is 7.69. The first-order valence-electron chi connectivity index (χ1n) is 8.12. The maximum absolute atomic E-state index is 12.4. The van der Waals surface area contributed by atoms with E-state index in [2.05, 4.69) is 15.5 Å². The highest BCUT2D eigenvalue weighted by atomic mass is 16.5. The number of aromatic nitrogens is 2. The fourth-order valence-corrected chi connectivity index (χ4v) is 2.50. The summed E-state index contributed by atoms with van der Waals surface area (Å²) >= 11 is 0. The molecule has 3 rings (SSSR count). The van der Waals surface area contributed by atoms with Gasteiger partial charge in [-0.25, -0.2) is 10.4 Å². The third-order valence-corrected chi connectivity index (χ3v) is 3.93. The number of fused-ring (bicyclic) bond motifs is 1. The molecule has 0 saturated carbocycles. The van der Waals surface area contributed by atoms with Crippen molar-refractivity contribution >= 4 is 23.0 Å². The minimum atomic E-state index is -0.491. The van der Waals surface area contributed by atoms with Crippen molar-refractivity contribution in [3.05, 3.63) is 64.2 Å². The first-order valence-corrected chi connectivity index (χ1v) is 8.12. The number of methoxy groups -OCH3 is 1. The summed E-state index contributed by atoms with van der Waals surface area (Å²) in [6.45, 7) is 1.69. The van der Waals surface area contributed by atoms with Gasteiger partial charge in [0.1, 0.15) is 18.0 Å². The largest absolute Gasteiger partial charge is 0.507 e. The van der Waals surface area contributed by atoms with Crippen molar-refractivity contribution in [3.8, 4) is 11.5 Å². The molecule has 1 aromatic heterocycles. The molecule has 1 amide bonds. The third kappa shape index (κ3) is 4.12. The zero-order chi connectivity index (χ0) is 19.4. The molecule has 0 aliphatic carbocycles. The topological polar surface area (TPSA) is 106 Å². The molecule has 0 radical (unpaired) electrons. The lowest BCUT2D eigenvalue weighted by molar-refractivity contribution is -0.121. The van der Waals surface area contributed by atoms with Gasteiger partial charge in [-0.2, -0.15) is 5.10 Å². The summed E-state index contributed by atoms with van der Waals surface area (Å²) in [6, 6.07) is 10.0. The summed E-state index contributed by atoms with van der Waals surface area (Å²) in [5.74, 6) is -0.0146. The second-order valence-corrected chi connectivity index (χ2v) is 5.92. The molecule has 0 aliphatic heterocycles. The van der Waals surface area contributed by atoms with Crippen molar-refractivity contribution in [2.24, 2.45) is 5.10 Å². The number of hydrogen-bond acceptors (Lipinski definition) is 6. The van der Waals surface area contributed by atoms with E-state index in [-0.39, 0.29) is 17.9 Å². The number of phenols is 1. The standard InChI is InChI=1S/C19H18N4O4/c1-12-3-6-15-16(7-12)20-11-23(19(15)26)10-18(25)22-21-9-13-4-5-14(27-2)8-17(13)24/h3-9,11,24H,10H2,1-2H3,(H,22,25)/b21-9+. The molecular formula is C19H18N4O4. The van der Waals surface area contributed by atoms with Crippen molar-refractivity contribution in [2.75, 3.05) is 7.11 Å². The quantitative estimate of drug-likeness (QED) is 0.527. The number of carbonyl (C=O) groups excluding carboxylic acids is 1. The summed E-state index contributed by atoms with van der Waals surface area (Å²) in [5.41, 5.74) is 4.02. The predicted octanol–water partition coefficient (Wildman–Crippen LogP) is 1.57. The van der Waals surface area contributed by atoms with Gasteiger partial charge in [0, 0.05) is 11.6 Å². The van der Waals surface area contributed by atoms with Gasteiger partial charge in [-0.05, 0) is 36.8 Å². The molecule has 2 aromatic carbocycles. The lowest BCUT2D eigenvalue weighted by Crippen LogP contribution is -2.30. The molecule has 0 atom stereocenters. The van der Waals surface area contributed by atoms with Crippen LogP contribution in [0.5, 0.6) is 11.5 Å². The van der Waals surface area contributed by atoms with E-state index < -0.39 is 5.91 Å². The number of aromatic hydroxyl groups is 1. The highest BCUT2D eigenvalue weighted by molar-refractivity contribution is 5.85. The summed E-state index contributed by atoms with van der Waals surface area (Å²) in [6.07, 6.45) is 2.64. The molecule has 0 spiro atoms. The highest BCUT2D eigenvalue weighted by Gasteiger charge is 2.08. The molecule has 27 heavy (non-hydrogen) atoms. The number of ether oxygens (including phenoxy) is 1. The van der Waals surface area contributed by atoms with Gasteiger partial charge in [0.2, 0.25) is 0 Å². The van der Waals surface area contributed by atoms with Gasteiger partial charge in [-0.3, -0.25) is 14.2 Å². The predicted molar refractivity (Wildman–Crippen MR) is 101 cm³/mol. The number of benzene rings is 2. The Morgan fingerprint density at radius 1 is 1.33 bits per heavy atom. The smallest absolute Gasteiger partial charge is 0.261 e. The van der Waals surface area contributed by atoms with Crippen LogP contribution >= 0.6 is 0 Å². The van der Waals surface area contributed by atoms with Crippen LogP contribution < -0.4 is 15.7 Å². The van der Waals surface area contributed by atoms with Crippen molar-refractivity contribution < 1.29 is 14.6 Å². The first kappa shape index (κ1) is 18.1. The van der Waals surface area contributed by atoms with Crippen molar-refractivity contribution in [3.63, 3.8) is 0 Å². The fourth-order valence-electron chi connectivity index (χ4n) is 2.50. The van der Waals surface area contributed by atoms with Gasteiger partial charge in [-0.1, -0.05) is 6.07 Å². The summed E-state index contributed by atoms with van der Waals surface area (Å²) in [5, 5.41) is 14.1. The average Bonchev–Trinajstić information content (AvgIpc) is 2.65. The Balaban J connectivity index is 1.69. The number of aryl methyl sites for hydroxylation is 1. The van der Waals surface area contributed by atoms with Gasteiger partial charge in [-0.15, -0.1) is 0 Å². The minimum absolute atomic E-state index is 0.0300. The first-order chi connectivity index (χ1) is 13.0. The Morgan fingerprint density at radius 3 is 2.89 bits per heavy atom. The van der Waals surface area contributed by atoms with E-state index in [9.17, 15) is 14.7 Å².